The van der Waals surface area contributed by atoms with E-state index in [1.54, 1.807) is 24.3 Å². The monoisotopic (exact) mass is 305 g/mol. The molecule has 2 rings (SSSR count). The van der Waals surface area contributed by atoms with E-state index in [1.807, 2.05) is 6.07 Å². The number of nitro benzene ring substituents is 1. The normalized spacial score (nSPS) is 11.7. The summed E-state index contributed by atoms with van der Waals surface area (Å²) in [6, 6.07) is 12.0. The maximum absolute atomic E-state index is 12.0. The fourth-order valence-electron chi connectivity index (χ4n) is 1.76. The number of hydrogen-bond acceptors (Lipinski definition) is 4. The van der Waals surface area contributed by atoms with E-state index in [4.69, 9.17) is 17.3 Å². The Labute approximate surface area is 125 Å². The number of nitrogens with two attached hydrogens (primary N) is 1. The van der Waals surface area contributed by atoms with E-state index < -0.39 is 16.9 Å². The number of rotatable bonds is 4. The van der Waals surface area contributed by atoms with Crippen molar-refractivity contribution in [3.63, 3.8) is 0 Å². The summed E-state index contributed by atoms with van der Waals surface area (Å²) in [6.45, 7) is 0. The van der Waals surface area contributed by atoms with E-state index in [1.165, 1.54) is 18.2 Å². The molecule has 7 heteroatoms. The Morgan fingerprint density at radius 2 is 1.90 bits per heavy atom. The zero-order valence-electron chi connectivity index (χ0n) is 10.8. The van der Waals surface area contributed by atoms with Crippen LogP contribution in [0.1, 0.15) is 11.6 Å². The van der Waals surface area contributed by atoms with Gasteiger partial charge in [-0.3, -0.25) is 14.9 Å². The van der Waals surface area contributed by atoms with Crippen LogP contribution in [0, 0.1) is 10.1 Å². The van der Waals surface area contributed by atoms with E-state index in [9.17, 15) is 14.9 Å². The van der Waals surface area contributed by atoms with E-state index in [0.29, 0.717) is 5.56 Å². The molecule has 2 aromatic carbocycles. The Bertz CT molecular complexity index is 676. The summed E-state index contributed by atoms with van der Waals surface area (Å²) in [5.74, 6) is -0.460. The molecule has 0 unspecified atom stereocenters. The smallest absolute Gasteiger partial charge is 0.289 e. The Morgan fingerprint density at radius 3 is 2.52 bits per heavy atom. The molecule has 0 aliphatic rings. The van der Waals surface area contributed by atoms with Gasteiger partial charge in [0, 0.05) is 11.8 Å². The minimum Gasteiger partial charge on any atom is -0.324 e. The number of hydrogen-bond donors (Lipinski definition) is 2. The molecule has 6 nitrogen and oxygen atoms in total. The molecule has 0 aliphatic carbocycles. The number of halogens is 1. The summed E-state index contributed by atoms with van der Waals surface area (Å²) in [5.41, 5.74) is 6.48. The van der Waals surface area contributed by atoms with Gasteiger partial charge in [0.25, 0.3) is 5.69 Å². The fraction of sp³-hybridized carbons (Fsp3) is 0.0714. The molecule has 108 valence electrons. The lowest BCUT2D eigenvalue weighted by atomic mass is 10.1. The van der Waals surface area contributed by atoms with E-state index in [-0.39, 0.29) is 16.4 Å². The molecule has 0 heterocycles. The number of nitrogens with zero attached hydrogens (tertiary/aromatic N) is 1. The van der Waals surface area contributed by atoms with Crippen molar-refractivity contribution in [3.05, 3.63) is 69.2 Å². The molecule has 0 radical (unpaired) electrons. The van der Waals surface area contributed by atoms with Crippen molar-refractivity contribution in [2.24, 2.45) is 5.73 Å². The highest BCUT2D eigenvalue weighted by Gasteiger charge is 2.18. The highest BCUT2D eigenvalue weighted by molar-refractivity contribution is 6.32. The van der Waals surface area contributed by atoms with Gasteiger partial charge in [0.15, 0.2) is 0 Å². The molecule has 0 bridgehead atoms. The second-order valence-corrected chi connectivity index (χ2v) is 4.71. The lowest BCUT2D eigenvalue weighted by Crippen LogP contribution is -2.27. The second-order valence-electron chi connectivity index (χ2n) is 4.30. The van der Waals surface area contributed by atoms with Crippen LogP contribution in [0.5, 0.6) is 0 Å². The quantitative estimate of drug-likeness (QED) is 0.670. The third-order valence-corrected chi connectivity index (χ3v) is 3.17. The Hall–Kier alpha value is -2.44. The van der Waals surface area contributed by atoms with Crippen LogP contribution >= 0.6 is 11.6 Å². The van der Waals surface area contributed by atoms with Crippen LogP contribution in [0.15, 0.2) is 48.5 Å². The second kappa shape index (κ2) is 6.34. The molecule has 1 atom stereocenters. The van der Waals surface area contributed by atoms with Gasteiger partial charge in [0.1, 0.15) is 11.1 Å². The fourth-order valence-corrected chi connectivity index (χ4v) is 1.95. The van der Waals surface area contributed by atoms with Gasteiger partial charge in [-0.1, -0.05) is 41.9 Å². The SMILES string of the molecule is N[C@@H](C(=O)Nc1ccc(Cl)c([N+](=O)[O-])c1)c1ccccc1. The van der Waals surface area contributed by atoms with Crippen LogP contribution in [-0.2, 0) is 4.79 Å². The van der Waals surface area contributed by atoms with Crippen molar-refractivity contribution < 1.29 is 9.72 Å². The first kappa shape index (κ1) is 15.0. The van der Waals surface area contributed by atoms with Crippen molar-refractivity contribution >= 4 is 28.9 Å². The van der Waals surface area contributed by atoms with Crippen molar-refractivity contribution in [3.8, 4) is 0 Å². The molecule has 0 aromatic heterocycles. The number of nitrogens with one attached hydrogen (secondary N) is 1. The summed E-state index contributed by atoms with van der Waals surface area (Å²) < 4.78 is 0. The summed E-state index contributed by atoms with van der Waals surface area (Å²) in [4.78, 5) is 22.2. The van der Waals surface area contributed by atoms with Crippen LogP contribution in [0.3, 0.4) is 0 Å². The highest BCUT2D eigenvalue weighted by Crippen LogP contribution is 2.27. The molecule has 2 aromatic rings. The third-order valence-electron chi connectivity index (χ3n) is 2.85. The average Bonchev–Trinajstić information content (AvgIpc) is 2.49. The number of carbonyl (C=O) groups is 1. The van der Waals surface area contributed by atoms with Crippen LogP contribution < -0.4 is 11.1 Å². The highest BCUT2D eigenvalue weighted by atomic mass is 35.5. The van der Waals surface area contributed by atoms with Crippen LogP contribution in [-0.4, -0.2) is 10.8 Å². The summed E-state index contributed by atoms with van der Waals surface area (Å²) in [6.07, 6.45) is 0. The topological polar surface area (TPSA) is 98.3 Å². The van der Waals surface area contributed by atoms with E-state index >= 15 is 0 Å². The predicted octanol–water partition coefficient (Wildman–Crippen LogP) is 2.89. The predicted molar refractivity (Wildman–Crippen MR) is 80.1 cm³/mol. The lowest BCUT2D eigenvalue weighted by molar-refractivity contribution is -0.384. The third kappa shape index (κ3) is 3.56. The molecular formula is C14H12ClN3O3. The van der Waals surface area contributed by atoms with Crippen molar-refractivity contribution in [2.45, 2.75) is 6.04 Å². The molecule has 0 spiro atoms. The lowest BCUT2D eigenvalue weighted by Gasteiger charge is -2.12. The maximum atomic E-state index is 12.0. The van der Waals surface area contributed by atoms with E-state index in [0.717, 1.165) is 0 Å². The first-order chi connectivity index (χ1) is 9.99. The molecule has 0 saturated heterocycles. The summed E-state index contributed by atoms with van der Waals surface area (Å²) >= 11 is 5.71. The summed E-state index contributed by atoms with van der Waals surface area (Å²) in [7, 11) is 0. The van der Waals surface area contributed by atoms with Crippen LogP contribution in [0.2, 0.25) is 5.02 Å². The van der Waals surface area contributed by atoms with Gasteiger partial charge in [0.05, 0.1) is 4.92 Å². The van der Waals surface area contributed by atoms with Gasteiger partial charge >= 0.3 is 0 Å². The first-order valence-corrected chi connectivity index (χ1v) is 6.42. The molecular weight excluding hydrogens is 294 g/mol. The largest absolute Gasteiger partial charge is 0.324 e. The molecule has 21 heavy (non-hydrogen) atoms. The van der Waals surface area contributed by atoms with Crippen LogP contribution in [0.25, 0.3) is 0 Å². The van der Waals surface area contributed by atoms with Gasteiger partial charge in [0.2, 0.25) is 5.91 Å². The molecule has 0 fully saturated rings. The van der Waals surface area contributed by atoms with Crippen LogP contribution in [0.4, 0.5) is 11.4 Å². The number of benzene rings is 2. The van der Waals surface area contributed by atoms with Crippen molar-refractivity contribution in [1.82, 2.24) is 0 Å². The number of amides is 1. The standard InChI is InChI=1S/C14H12ClN3O3/c15-11-7-6-10(8-12(11)18(20)21)17-14(19)13(16)9-4-2-1-3-5-9/h1-8,13H,16H2,(H,17,19)/t13-/m1/s1. The number of nitro groups is 1. The van der Waals surface area contributed by atoms with Gasteiger partial charge in [-0.15, -0.1) is 0 Å². The van der Waals surface area contributed by atoms with Crippen molar-refractivity contribution in [1.29, 1.82) is 0 Å². The minimum atomic E-state index is -0.860. The van der Waals surface area contributed by atoms with Gasteiger partial charge in [-0.25, -0.2) is 0 Å². The molecule has 1 amide bonds. The van der Waals surface area contributed by atoms with Crippen molar-refractivity contribution in [2.75, 3.05) is 5.32 Å². The van der Waals surface area contributed by atoms with Gasteiger partial charge < -0.3 is 11.1 Å². The molecule has 0 aliphatic heterocycles. The summed E-state index contributed by atoms with van der Waals surface area (Å²) in [5, 5.41) is 13.3. The maximum Gasteiger partial charge on any atom is 0.289 e. The van der Waals surface area contributed by atoms with E-state index in [2.05, 4.69) is 5.32 Å². The Morgan fingerprint density at radius 1 is 1.24 bits per heavy atom. The zero-order valence-corrected chi connectivity index (χ0v) is 11.6. The molecule has 0 saturated carbocycles. The van der Waals surface area contributed by atoms with Gasteiger partial charge in [-0.05, 0) is 17.7 Å². The Balaban J connectivity index is 2.16. The first-order valence-electron chi connectivity index (χ1n) is 6.04. The number of anilines is 1. The average molecular weight is 306 g/mol. The Kier molecular flexibility index (Phi) is 4.52. The number of carbonyl (C=O) groups excluding carboxylic acids is 1. The van der Waals surface area contributed by atoms with Gasteiger partial charge in [-0.2, -0.15) is 0 Å². The minimum absolute atomic E-state index is 0.00496. The molecule has 3 N–H and O–H groups in total. The zero-order chi connectivity index (χ0) is 15.4.